The van der Waals surface area contributed by atoms with Crippen LogP contribution in [0.1, 0.15) is 37.8 Å². The number of aliphatic hydroxyl groups is 1. The summed E-state index contributed by atoms with van der Waals surface area (Å²) in [7, 11) is 4.18. The number of nitrogens with zero attached hydrogens (tertiary/aromatic N) is 1. The Morgan fingerprint density at radius 3 is 2.20 bits per heavy atom. The molecule has 3 nitrogen and oxygen atoms in total. The standard InChI is InChI=1S/C17H30N2O/c1-5-17(6-2,14-20)13-18-11-15-9-7-8-10-16(15)12-19(3)4/h7-10,18,20H,5-6,11-14H2,1-4H3. The maximum absolute atomic E-state index is 9.60. The number of rotatable bonds is 9. The number of benzene rings is 1. The van der Waals surface area contributed by atoms with E-state index in [1.165, 1.54) is 11.1 Å². The van der Waals surface area contributed by atoms with Gasteiger partial charge in [-0.1, -0.05) is 38.1 Å². The number of hydrogen-bond acceptors (Lipinski definition) is 3. The van der Waals surface area contributed by atoms with Crippen LogP contribution in [-0.2, 0) is 13.1 Å². The summed E-state index contributed by atoms with van der Waals surface area (Å²) in [6.45, 7) is 7.26. The smallest absolute Gasteiger partial charge is 0.0499 e. The fourth-order valence-electron chi connectivity index (χ4n) is 2.47. The van der Waals surface area contributed by atoms with Gasteiger partial charge in [0, 0.05) is 31.7 Å². The van der Waals surface area contributed by atoms with Crippen molar-refractivity contribution in [1.29, 1.82) is 0 Å². The maximum Gasteiger partial charge on any atom is 0.0499 e. The van der Waals surface area contributed by atoms with Gasteiger partial charge in [0.05, 0.1) is 0 Å². The van der Waals surface area contributed by atoms with Gasteiger partial charge >= 0.3 is 0 Å². The molecule has 0 unspecified atom stereocenters. The first-order chi connectivity index (χ1) is 9.56. The largest absolute Gasteiger partial charge is 0.396 e. The molecule has 0 bridgehead atoms. The van der Waals surface area contributed by atoms with Crippen molar-refractivity contribution in [2.24, 2.45) is 5.41 Å². The van der Waals surface area contributed by atoms with E-state index < -0.39 is 0 Å². The number of hydrogen-bond donors (Lipinski definition) is 2. The SMILES string of the molecule is CCC(CC)(CO)CNCc1ccccc1CN(C)C. The van der Waals surface area contributed by atoms with Gasteiger partial charge < -0.3 is 15.3 Å². The van der Waals surface area contributed by atoms with Gasteiger partial charge in [0.15, 0.2) is 0 Å². The van der Waals surface area contributed by atoms with Crippen LogP contribution in [0, 0.1) is 5.41 Å². The zero-order valence-electron chi connectivity index (χ0n) is 13.4. The lowest BCUT2D eigenvalue weighted by molar-refractivity contribution is 0.113. The van der Waals surface area contributed by atoms with Crippen LogP contribution in [0.4, 0.5) is 0 Å². The van der Waals surface area contributed by atoms with E-state index in [2.05, 4.69) is 62.4 Å². The second kappa shape index (κ2) is 8.40. The molecule has 0 spiro atoms. The summed E-state index contributed by atoms with van der Waals surface area (Å²) in [4.78, 5) is 2.19. The second-order valence-electron chi connectivity index (χ2n) is 5.98. The third-order valence-corrected chi connectivity index (χ3v) is 4.26. The van der Waals surface area contributed by atoms with E-state index in [-0.39, 0.29) is 12.0 Å². The van der Waals surface area contributed by atoms with E-state index in [9.17, 15) is 5.11 Å². The van der Waals surface area contributed by atoms with Gasteiger partial charge in [-0.15, -0.1) is 0 Å². The average Bonchev–Trinajstić information content (AvgIpc) is 2.45. The summed E-state index contributed by atoms with van der Waals surface area (Å²) < 4.78 is 0. The van der Waals surface area contributed by atoms with Crippen LogP contribution >= 0.6 is 0 Å². The minimum Gasteiger partial charge on any atom is -0.396 e. The Kier molecular flexibility index (Phi) is 7.20. The molecule has 2 N–H and O–H groups in total. The van der Waals surface area contributed by atoms with Crippen molar-refractivity contribution in [2.45, 2.75) is 39.8 Å². The van der Waals surface area contributed by atoms with Crippen LogP contribution in [0.5, 0.6) is 0 Å². The van der Waals surface area contributed by atoms with Crippen LogP contribution in [0.2, 0.25) is 0 Å². The summed E-state index contributed by atoms with van der Waals surface area (Å²) in [6.07, 6.45) is 2.01. The highest BCUT2D eigenvalue weighted by Crippen LogP contribution is 2.24. The summed E-state index contributed by atoms with van der Waals surface area (Å²) in [5, 5.41) is 13.1. The topological polar surface area (TPSA) is 35.5 Å². The molecule has 0 radical (unpaired) electrons. The molecule has 0 aliphatic carbocycles. The van der Waals surface area contributed by atoms with Gasteiger partial charge in [-0.25, -0.2) is 0 Å². The van der Waals surface area contributed by atoms with Crippen molar-refractivity contribution in [2.75, 3.05) is 27.2 Å². The highest BCUT2D eigenvalue weighted by atomic mass is 16.3. The molecule has 1 rings (SSSR count). The Labute approximate surface area is 124 Å². The van der Waals surface area contributed by atoms with Crippen LogP contribution < -0.4 is 5.32 Å². The van der Waals surface area contributed by atoms with Crippen LogP contribution in [-0.4, -0.2) is 37.3 Å². The molecule has 0 amide bonds. The molecule has 0 fully saturated rings. The van der Waals surface area contributed by atoms with Gasteiger partial charge in [0.2, 0.25) is 0 Å². The van der Waals surface area contributed by atoms with Crippen LogP contribution in [0.25, 0.3) is 0 Å². The van der Waals surface area contributed by atoms with Crippen molar-refractivity contribution in [3.63, 3.8) is 0 Å². The lowest BCUT2D eigenvalue weighted by Crippen LogP contribution is -2.36. The van der Waals surface area contributed by atoms with E-state index in [1.54, 1.807) is 0 Å². The van der Waals surface area contributed by atoms with Crippen LogP contribution in [0.3, 0.4) is 0 Å². The van der Waals surface area contributed by atoms with E-state index in [4.69, 9.17) is 0 Å². The zero-order valence-corrected chi connectivity index (χ0v) is 13.4. The first kappa shape index (κ1) is 17.2. The van der Waals surface area contributed by atoms with Gasteiger partial charge in [0.25, 0.3) is 0 Å². The molecule has 0 aromatic heterocycles. The maximum atomic E-state index is 9.60. The van der Waals surface area contributed by atoms with E-state index in [1.807, 2.05) is 0 Å². The quantitative estimate of drug-likeness (QED) is 0.729. The Bertz CT molecular complexity index is 378. The molecular weight excluding hydrogens is 248 g/mol. The molecule has 0 saturated carbocycles. The second-order valence-corrected chi connectivity index (χ2v) is 5.98. The third kappa shape index (κ3) is 4.89. The highest BCUT2D eigenvalue weighted by Gasteiger charge is 2.24. The fourth-order valence-corrected chi connectivity index (χ4v) is 2.47. The molecule has 0 heterocycles. The van der Waals surface area contributed by atoms with Gasteiger partial charge in [0.1, 0.15) is 0 Å². The van der Waals surface area contributed by atoms with Gasteiger partial charge in [-0.2, -0.15) is 0 Å². The summed E-state index contributed by atoms with van der Waals surface area (Å²) in [5.74, 6) is 0. The predicted molar refractivity (Wildman–Crippen MR) is 85.6 cm³/mol. The molecule has 114 valence electrons. The minimum atomic E-state index is 0.0243. The molecule has 1 aromatic rings. The molecule has 20 heavy (non-hydrogen) atoms. The molecular formula is C17H30N2O. The predicted octanol–water partition coefficient (Wildman–Crippen LogP) is 2.64. The fraction of sp³-hybridized carbons (Fsp3) is 0.647. The Hall–Kier alpha value is -0.900. The molecule has 0 aliphatic heterocycles. The normalized spacial score (nSPS) is 12.1. The lowest BCUT2D eigenvalue weighted by Gasteiger charge is -2.30. The molecule has 0 atom stereocenters. The van der Waals surface area contributed by atoms with Crippen molar-refractivity contribution >= 4 is 0 Å². The van der Waals surface area contributed by atoms with Crippen molar-refractivity contribution in [1.82, 2.24) is 10.2 Å². The first-order valence-electron chi connectivity index (χ1n) is 7.60. The Morgan fingerprint density at radius 2 is 1.70 bits per heavy atom. The number of nitrogens with one attached hydrogen (secondary N) is 1. The van der Waals surface area contributed by atoms with Gasteiger partial charge in [-0.3, -0.25) is 0 Å². The van der Waals surface area contributed by atoms with E-state index in [0.717, 1.165) is 32.5 Å². The van der Waals surface area contributed by atoms with Crippen molar-refractivity contribution < 1.29 is 5.11 Å². The third-order valence-electron chi connectivity index (χ3n) is 4.26. The zero-order chi connectivity index (χ0) is 15.0. The molecule has 1 aromatic carbocycles. The van der Waals surface area contributed by atoms with Crippen molar-refractivity contribution in [3.05, 3.63) is 35.4 Å². The molecule has 0 saturated heterocycles. The lowest BCUT2D eigenvalue weighted by atomic mass is 9.83. The minimum absolute atomic E-state index is 0.0243. The molecule has 3 heteroatoms. The summed E-state index contributed by atoms with van der Waals surface area (Å²) >= 11 is 0. The van der Waals surface area contributed by atoms with Crippen molar-refractivity contribution in [3.8, 4) is 0 Å². The van der Waals surface area contributed by atoms with E-state index >= 15 is 0 Å². The Balaban J connectivity index is 2.61. The highest BCUT2D eigenvalue weighted by molar-refractivity contribution is 5.26. The molecule has 0 aliphatic rings. The Morgan fingerprint density at radius 1 is 1.10 bits per heavy atom. The monoisotopic (exact) mass is 278 g/mol. The van der Waals surface area contributed by atoms with Crippen LogP contribution in [0.15, 0.2) is 24.3 Å². The number of aliphatic hydroxyl groups excluding tert-OH is 1. The van der Waals surface area contributed by atoms with Gasteiger partial charge in [-0.05, 0) is 38.1 Å². The summed E-state index contributed by atoms with van der Waals surface area (Å²) in [6, 6.07) is 8.56. The first-order valence-corrected chi connectivity index (χ1v) is 7.60. The van der Waals surface area contributed by atoms with E-state index in [0.29, 0.717) is 0 Å². The average molecular weight is 278 g/mol. The summed E-state index contributed by atoms with van der Waals surface area (Å²) in [5.41, 5.74) is 2.74.